The Kier molecular flexibility index (Phi) is 6.61. The van der Waals surface area contributed by atoms with E-state index in [0.717, 1.165) is 46.8 Å². The molecule has 0 bridgehead atoms. The van der Waals surface area contributed by atoms with Crippen molar-refractivity contribution in [2.75, 3.05) is 0 Å². The minimum absolute atomic E-state index is 0.897. The van der Waals surface area contributed by atoms with Gasteiger partial charge in [0.1, 0.15) is 0 Å². The van der Waals surface area contributed by atoms with E-state index in [1.54, 1.807) is 0 Å². The lowest BCUT2D eigenvalue weighted by atomic mass is 9.76. The summed E-state index contributed by atoms with van der Waals surface area (Å²) in [6, 6.07) is 0. The fourth-order valence-electron chi connectivity index (χ4n) is 5.06. The van der Waals surface area contributed by atoms with Crippen LogP contribution in [0.3, 0.4) is 0 Å². The summed E-state index contributed by atoms with van der Waals surface area (Å²) >= 11 is 0. The van der Waals surface area contributed by atoms with Crippen molar-refractivity contribution in [3.63, 3.8) is 0 Å². The molecule has 0 aliphatic heterocycles. The predicted molar refractivity (Wildman–Crippen MR) is 98.6 cm³/mol. The minimum atomic E-state index is 0.897. The second kappa shape index (κ2) is 7.81. The lowest BCUT2D eigenvalue weighted by Gasteiger charge is -2.44. The summed E-state index contributed by atoms with van der Waals surface area (Å²) in [6.45, 7) is 14.9. The van der Waals surface area contributed by atoms with Gasteiger partial charge in [-0.15, -0.1) is 8.58 Å². The van der Waals surface area contributed by atoms with Crippen LogP contribution in [0.4, 0.5) is 0 Å². The zero-order chi connectivity index (χ0) is 15.6. The normalized spacial score (nSPS) is 42.3. The molecule has 2 saturated carbocycles. The van der Waals surface area contributed by atoms with Crippen molar-refractivity contribution in [1.29, 1.82) is 0 Å². The molecule has 2 fully saturated rings. The lowest BCUT2D eigenvalue weighted by Crippen LogP contribution is -2.35. The van der Waals surface area contributed by atoms with E-state index in [9.17, 15) is 0 Å². The number of hydrogen-bond donors (Lipinski definition) is 0. The van der Waals surface area contributed by atoms with Gasteiger partial charge in [0.05, 0.1) is 0 Å². The average Bonchev–Trinajstić information content (AvgIpc) is 2.38. The van der Waals surface area contributed by atoms with E-state index in [1.807, 2.05) is 0 Å². The smallest absolute Gasteiger partial charge is 0.0201 e. The molecule has 2 rings (SSSR count). The van der Waals surface area contributed by atoms with Crippen molar-refractivity contribution < 1.29 is 0 Å². The number of rotatable bonds is 4. The topological polar surface area (TPSA) is 0 Å². The van der Waals surface area contributed by atoms with Crippen molar-refractivity contribution >= 4 is 8.58 Å². The van der Waals surface area contributed by atoms with Crippen molar-refractivity contribution in [1.82, 2.24) is 0 Å². The Morgan fingerprint density at radius 1 is 0.667 bits per heavy atom. The summed E-state index contributed by atoms with van der Waals surface area (Å²) in [5, 5.41) is 0. The van der Waals surface area contributed by atoms with Gasteiger partial charge in [0.2, 0.25) is 0 Å². The van der Waals surface area contributed by atoms with Gasteiger partial charge in [0.15, 0.2) is 0 Å². The monoisotopic (exact) mass is 310 g/mol. The Bertz CT molecular complexity index is 279. The van der Waals surface area contributed by atoms with Crippen LogP contribution < -0.4 is 0 Å². The lowest BCUT2D eigenvalue weighted by molar-refractivity contribution is 0.226. The molecule has 2 aliphatic carbocycles. The van der Waals surface area contributed by atoms with Gasteiger partial charge in [-0.2, -0.15) is 0 Å². The third-order valence-corrected chi connectivity index (χ3v) is 8.66. The van der Waals surface area contributed by atoms with Crippen LogP contribution in [0.5, 0.6) is 0 Å². The van der Waals surface area contributed by atoms with Crippen molar-refractivity contribution in [2.24, 2.45) is 35.5 Å². The van der Waals surface area contributed by atoms with E-state index >= 15 is 0 Å². The molecule has 0 aromatic carbocycles. The minimum Gasteiger partial charge on any atom is -0.115 e. The fourth-order valence-corrected chi connectivity index (χ4v) is 8.29. The molecule has 0 heterocycles. The molecule has 0 radical (unpaired) electrons. The molecule has 0 aromatic rings. The van der Waals surface area contributed by atoms with Crippen molar-refractivity contribution in [3.8, 4) is 0 Å². The second-order valence-corrected chi connectivity index (χ2v) is 10.8. The summed E-state index contributed by atoms with van der Waals surface area (Å²) < 4.78 is 0. The average molecular weight is 311 g/mol. The summed E-state index contributed by atoms with van der Waals surface area (Å²) in [7, 11) is 1.25. The van der Waals surface area contributed by atoms with Crippen LogP contribution in [0.1, 0.15) is 80.1 Å². The van der Waals surface area contributed by atoms with E-state index in [2.05, 4.69) is 41.5 Å². The van der Waals surface area contributed by atoms with Gasteiger partial charge in [0, 0.05) is 0 Å². The first-order chi connectivity index (χ1) is 9.88. The highest BCUT2D eigenvalue weighted by atomic mass is 31.1. The molecule has 0 N–H and O–H groups in total. The molecule has 2 aliphatic rings. The van der Waals surface area contributed by atoms with E-state index in [0.29, 0.717) is 0 Å². The maximum atomic E-state index is 2.50. The summed E-state index contributed by atoms with van der Waals surface area (Å²) in [5.41, 5.74) is 2.09. The van der Waals surface area contributed by atoms with Gasteiger partial charge >= 0.3 is 0 Å². The second-order valence-electron chi connectivity index (χ2n) is 9.03. The van der Waals surface area contributed by atoms with Crippen LogP contribution in [0.15, 0.2) is 0 Å². The van der Waals surface area contributed by atoms with Crippen LogP contribution in [0, 0.1) is 35.5 Å². The molecule has 0 nitrogen and oxygen atoms in total. The molecule has 6 unspecified atom stereocenters. The SMILES string of the molecule is CC1CCC(C(C)C)C(PC2CC(C)CCC2C(C)C)C1. The Morgan fingerprint density at radius 2 is 1.05 bits per heavy atom. The highest BCUT2D eigenvalue weighted by Crippen LogP contribution is 2.51. The molecular formula is C20H39P. The molecule has 21 heavy (non-hydrogen) atoms. The molecule has 0 saturated heterocycles. The van der Waals surface area contributed by atoms with Crippen LogP contribution >= 0.6 is 8.58 Å². The molecule has 0 spiro atoms. The third kappa shape index (κ3) is 4.70. The Balaban J connectivity index is 2.04. The fraction of sp³-hybridized carbons (Fsp3) is 1.00. The Labute approximate surface area is 136 Å². The summed E-state index contributed by atoms with van der Waals surface area (Å²) in [6.07, 6.45) is 9.03. The van der Waals surface area contributed by atoms with Crippen molar-refractivity contribution in [2.45, 2.75) is 91.4 Å². The van der Waals surface area contributed by atoms with Gasteiger partial charge in [-0.05, 0) is 72.5 Å². The van der Waals surface area contributed by atoms with Gasteiger partial charge in [0.25, 0.3) is 0 Å². The Hall–Kier alpha value is 0.430. The van der Waals surface area contributed by atoms with E-state index in [-0.39, 0.29) is 0 Å². The van der Waals surface area contributed by atoms with E-state index in [1.165, 1.54) is 47.1 Å². The Morgan fingerprint density at radius 3 is 1.38 bits per heavy atom. The molecule has 0 aromatic heterocycles. The molecule has 124 valence electrons. The first kappa shape index (κ1) is 17.8. The van der Waals surface area contributed by atoms with Gasteiger partial charge < -0.3 is 0 Å². The predicted octanol–water partition coefficient (Wildman–Crippen LogP) is 6.59. The van der Waals surface area contributed by atoms with Crippen LogP contribution in [0.25, 0.3) is 0 Å². The first-order valence-corrected chi connectivity index (χ1v) is 10.8. The maximum Gasteiger partial charge on any atom is -0.0201 e. The number of hydrogen-bond acceptors (Lipinski definition) is 0. The zero-order valence-electron chi connectivity index (χ0n) is 15.4. The maximum absolute atomic E-state index is 2.50. The van der Waals surface area contributed by atoms with Crippen LogP contribution in [-0.2, 0) is 0 Å². The standard InChI is InChI=1S/C20H39P/c1-13(2)17-9-7-15(5)11-19(17)21-20-12-16(6)8-10-18(20)14(3)4/h13-21H,7-12H2,1-6H3. The van der Waals surface area contributed by atoms with Gasteiger partial charge in [-0.3, -0.25) is 0 Å². The van der Waals surface area contributed by atoms with Gasteiger partial charge in [-0.1, -0.05) is 54.4 Å². The quantitative estimate of drug-likeness (QED) is 0.514. The third-order valence-electron chi connectivity index (χ3n) is 6.47. The molecule has 6 atom stereocenters. The molecular weight excluding hydrogens is 271 g/mol. The highest BCUT2D eigenvalue weighted by Gasteiger charge is 2.37. The molecule has 1 heteroatoms. The van der Waals surface area contributed by atoms with E-state index < -0.39 is 0 Å². The largest absolute Gasteiger partial charge is 0.115 e. The summed E-state index contributed by atoms with van der Waals surface area (Å²) in [5.74, 6) is 5.79. The van der Waals surface area contributed by atoms with Crippen molar-refractivity contribution in [3.05, 3.63) is 0 Å². The molecule has 0 amide bonds. The van der Waals surface area contributed by atoms with Gasteiger partial charge in [-0.25, -0.2) is 0 Å². The highest BCUT2D eigenvalue weighted by molar-refractivity contribution is 7.39. The zero-order valence-corrected chi connectivity index (χ0v) is 16.4. The summed E-state index contributed by atoms with van der Waals surface area (Å²) in [4.78, 5) is 0. The van der Waals surface area contributed by atoms with Crippen LogP contribution in [-0.4, -0.2) is 11.3 Å². The van der Waals surface area contributed by atoms with E-state index in [4.69, 9.17) is 0 Å². The first-order valence-electron chi connectivity index (χ1n) is 9.64. The van der Waals surface area contributed by atoms with Crippen LogP contribution in [0.2, 0.25) is 0 Å².